The van der Waals surface area contributed by atoms with E-state index in [9.17, 15) is 0 Å². The molecule has 2 aromatic rings. The van der Waals surface area contributed by atoms with Gasteiger partial charge in [0.1, 0.15) is 5.52 Å². The van der Waals surface area contributed by atoms with Crippen LogP contribution < -0.4 is 0 Å². The van der Waals surface area contributed by atoms with Gasteiger partial charge < -0.3 is 5.21 Å². The van der Waals surface area contributed by atoms with Crippen molar-refractivity contribution in [1.29, 1.82) is 0 Å². The SMILES string of the molecule is On1ccc2ncccc21. The molecule has 3 nitrogen and oxygen atoms in total. The van der Waals surface area contributed by atoms with Gasteiger partial charge in [0.25, 0.3) is 0 Å². The lowest BCUT2D eigenvalue weighted by atomic mass is 10.4. The van der Waals surface area contributed by atoms with Crippen LogP contribution in [0.3, 0.4) is 0 Å². The first-order valence-electron chi connectivity index (χ1n) is 2.99. The van der Waals surface area contributed by atoms with Crippen molar-refractivity contribution in [1.82, 2.24) is 9.71 Å². The predicted octanol–water partition coefficient (Wildman–Crippen LogP) is 1.27. The molecule has 0 spiro atoms. The van der Waals surface area contributed by atoms with Crippen LogP contribution in [0.1, 0.15) is 0 Å². The zero-order valence-electron chi connectivity index (χ0n) is 5.23. The summed E-state index contributed by atoms with van der Waals surface area (Å²) in [4.78, 5) is 4.02. The summed E-state index contributed by atoms with van der Waals surface area (Å²) in [5.41, 5.74) is 1.55. The van der Waals surface area contributed by atoms with Crippen molar-refractivity contribution in [2.75, 3.05) is 0 Å². The van der Waals surface area contributed by atoms with Gasteiger partial charge in [0.15, 0.2) is 0 Å². The largest absolute Gasteiger partial charge is 0.428 e. The highest BCUT2D eigenvalue weighted by Crippen LogP contribution is 2.08. The van der Waals surface area contributed by atoms with E-state index in [1.165, 1.54) is 0 Å². The van der Waals surface area contributed by atoms with Gasteiger partial charge in [0.2, 0.25) is 0 Å². The van der Waals surface area contributed by atoms with Crippen LogP contribution in [0.25, 0.3) is 11.0 Å². The van der Waals surface area contributed by atoms with Crippen LogP contribution in [-0.4, -0.2) is 14.9 Å². The smallest absolute Gasteiger partial charge is 0.105 e. The minimum absolute atomic E-state index is 0.738. The number of fused-ring (bicyclic) bond motifs is 1. The summed E-state index contributed by atoms with van der Waals surface area (Å²) < 4.78 is 1.06. The fourth-order valence-corrected chi connectivity index (χ4v) is 0.953. The highest BCUT2D eigenvalue weighted by Gasteiger charge is 1.95. The molecule has 0 bridgehead atoms. The monoisotopic (exact) mass is 134 g/mol. The summed E-state index contributed by atoms with van der Waals surface area (Å²) in [6, 6.07) is 5.35. The maximum atomic E-state index is 9.09. The Labute approximate surface area is 57.5 Å². The van der Waals surface area contributed by atoms with Gasteiger partial charge in [-0.3, -0.25) is 4.98 Å². The first-order valence-corrected chi connectivity index (χ1v) is 2.99. The second-order valence-electron chi connectivity index (χ2n) is 2.07. The topological polar surface area (TPSA) is 38.0 Å². The van der Waals surface area contributed by atoms with Crippen LogP contribution in [-0.2, 0) is 0 Å². The standard InChI is InChI=1S/C7H6N2O/c10-9-5-3-6-7(9)2-1-4-8-6/h1-5,10H. The Morgan fingerprint density at radius 3 is 3.10 bits per heavy atom. The first kappa shape index (κ1) is 5.29. The van der Waals surface area contributed by atoms with Gasteiger partial charge in [-0.05, 0) is 18.2 Å². The van der Waals surface area contributed by atoms with Gasteiger partial charge in [-0.15, -0.1) is 0 Å². The number of nitrogens with zero attached hydrogens (tertiary/aromatic N) is 2. The number of aromatic nitrogens is 2. The summed E-state index contributed by atoms with van der Waals surface area (Å²) in [6.07, 6.45) is 3.26. The van der Waals surface area contributed by atoms with E-state index in [4.69, 9.17) is 5.21 Å². The average Bonchev–Trinajstić information content (AvgIpc) is 2.34. The maximum Gasteiger partial charge on any atom is 0.105 e. The Bertz CT molecular complexity index is 353. The predicted molar refractivity (Wildman–Crippen MR) is 36.9 cm³/mol. The quantitative estimate of drug-likeness (QED) is 0.551. The molecule has 0 atom stereocenters. The molecule has 2 aromatic heterocycles. The molecule has 3 heteroatoms. The average molecular weight is 134 g/mol. The van der Waals surface area contributed by atoms with Gasteiger partial charge in [-0.25, -0.2) is 0 Å². The molecular formula is C7H6N2O. The van der Waals surface area contributed by atoms with Crippen molar-refractivity contribution < 1.29 is 5.21 Å². The second kappa shape index (κ2) is 1.73. The van der Waals surface area contributed by atoms with Gasteiger partial charge in [-0.1, -0.05) is 0 Å². The number of pyridine rings is 1. The highest BCUT2D eigenvalue weighted by atomic mass is 16.5. The molecule has 50 valence electrons. The van der Waals surface area contributed by atoms with E-state index in [1.807, 2.05) is 6.07 Å². The van der Waals surface area contributed by atoms with Crippen molar-refractivity contribution in [3.8, 4) is 0 Å². The van der Waals surface area contributed by atoms with Crippen molar-refractivity contribution >= 4 is 11.0 Å². The molecule has 0 aliphatic heterocycles. The molecule has 0 fully saturated rings. The van der Waals surface area contributed by atoms with Crippen LogP contribution in [0.15, 0.2) is 30.6 Å². The normalized spacial score (nSPS) is 10.4. The maximum absolute atomic E-state index is 9.09. The lowest BCUT2D eigenvalue weighted by Gasteiger charge is -1.90. The molecule has 0 radical (unpaired) electrons. The van der Waals surface area contributed by atoms with E-state index in [1.54, 1.807) is 24.5 Å². The fourth-order valence-electron chi connectivity index (χ4n) is 0.953. The zero-order chi connectivity index (χ0) is 6.97. The van der Waals surface area contributed by atoms with E-state index >= 15 is 0 Å². The molecule has 1 N–H and O–H groups in total. The third kappa shape index (κ3) is 0.572. The van der Waals surface area contributed by atoms with Crippen molar-refractivity contribution in [3.63, 3.8) is 0 Å². The van der Waals surface area contributed by atoms with Crippen molar-refractivity contribution in [3.05, 3.63) is 30.6 Å². The molecule has 0 saturated heterocycles. The minimum Gasteiger partial charge on any atom is -0.428 e. The molecule has 0 aliphatic rings. The molecule has 2 rings (SSSR count). The lowest BCUT2D eigenvalue weighted by molar-refractivity contribution is 0.200. The molecule has 0 unspecified atom stereocenters. The highest BCUT2D eigenvalue weighted by molar-refractivity contribution is 5.74. The van der Waals surface area contributed by atoms with Gasteiger partial charge in [0, 0.05) is 12.4 Å². The molecule has 0 saturated carbocycles. The molecule has 0 aliphatic carbocycles. The summed E-state index contributed by atoms with van der Waals surface area (Å²) in [5, 5.41) is 9.09. The number of hydrogen-bond donors (Lipinski definition) is 1. The molecule has 0 amide bonds. The Morgan fingerprint density at radius 1 is 1.40 bits per heavy atom. The summed E-state index contributed by atoms with van der Waals surface area (Å²) in [6.45, 7) is 0. The van der Waals surface area contributed by atoms with Gasteiger partial charge in [-0.2, -0.15) is 4.73 Å². The van der Waals surface area contributed by atoms with E-state index in [2.05, 4.69) is 4.98 Å². The molecule has 0 aromatic carbocycles. The first-order chi connectivity index (χ1) is 4.88. The number of rotatable bonds is 0. The Morgan fingerprint density at radius 2 is 2.30 bits per heavy atom. The Kier molecular flexibility index (Phi) is 0.917. The second-order valence-corrected chi connectivity index (χ2v) is 2.07. The van der Waals surface area contributed by atoms with Crippen LogP contribution in [0.2, 0.25) is 0 Å². The number of hydrogen-bond acceptors (Lipinski definition) is 2. The Balaban J connectivity index is 2.93. The van der Waals surface area contributed by atoms with Crippen molar-refractivity contribution in [2.45, 2.75) is 0 Å². The lowest BCUT2D eigenvalue weighted by Crippen LogP contribution is -1.84. The molecule has 2 heterocycles. The van der Waals surface area contributed by atoms with E-state index in [0.29, 0.717) is 0 Å². The minimum atomic E-state index is 0.738. The van der Waals surface area contributed by atoms with Crippen LogP contribution in [0, 0.1) is 0 Å². The van der Waals surface area contributed by atoms with E-state index in [0.717, 1.165) is 15.8 Å². The van der Waals surface area contributed by atoms with Gasteiger partial charge in [0.05, 0.1) is 5.52 Å². The summed E-state index contributed by atoms with van der Waals surface area (Å²) in [7, 11) is 0. The molecular weight excluding hydrogens is 128 g/mol. The molecule has 10 heavy (non-hydrogen) atoms. The van der Waals surface area contributed by atoms with Crippen molar-refractivity contribution in [2.24, 2.45) is 0 Å². The third-order valence-electron chi connectivity index (χ3n) is 1.44. The van der Waals surface area contributed by atoms with Crippen LogP contribution in [0.5, 0.6) is 0 Å². The van der Waals surface area contributed by atoms with E-state index < -0.39 is 0 Å². The van der Waals surface area contributed by atoms with Crippen LogP contribution >= 0.6 is 0 Å². The van der Waals surface area contributed by atoms with Gasteiger partial charge >= 0.3 is 0 Å². The fraction of sp³-hybridized carbons (Fsp3) is 0. The summed E-state index contributed by atoms with van der Waals surface area (Å²) in [5.74, 6) is 0. The Hall–Kier alpha value is -1.51. The zero-order valence-corrected chi connectivity index (χ0v) is 5.23. The van der Waals surface area contributed by atoms with E-state index in [-0.39, 0.29) is 0 Å². The van der Waals surface area contributed by atoms with Crippen LogP contribution in [0.4, 0.5) is 0 Å². The third-order valence-corrected chi connectivity index (χ3v) is 1.44. The summed E-state index contributed by atoms with van der Waals surface area (Å²) >= 11 is 0.